The summed E-state index contributed by atoms with van der Waals surface area (Å²) in [5.74, 6) is -0.133. The van der Waals surface area contributed by atoms with E-state index < -0.39 is 0 Å². The minimum atomic E-state index is -0.133. The molecular formula is C23H28N4OS. The van der Waals surface area contributed by atoms with Crippen LogP contribution in [0.5, 0.6) is 0 Å². The normalized spacial score (nSPS) is 12.1. The fourth-order valence-corrected chi connectivity index (χ4v) is 3.89. The van der Waals surface area contributed by atoms with Crippen molar-refractivity contribution in [2.45, 2.75) is 26.3 Å². The summed E-state index contributed by atoms with van der Waals surface area (Å²) in [6, 6.07) is 20.3. The highest BCUT2D eigenvalue weighted by atomic mass is 32.1. The van der Waals surface area contributed by atoms with Gasteiger partial charge in [0, 0.05) is 24.5 Å². The Morgan fingerprint density at radius 2 is 1.69 bits per heavy atom. The Balaban J connectivity index is 1.76. The second kappa shape index (κ2) is 10.2. The predicted molar refractivity (Wildman–Crippen MR) is 120 cm³/mol. The minimum absolute atomic E-state index is 0.133. The predicted octanol–water partition coefficient (Wildman–Crippen LogP) is 4.22. The van der Waals surface area contributed by atoms with Crippen molar-refractivity contribution < 1.29 is 4.79 Å². The number of aromatic amines is 1. The van der Waals surface area contributed by atoms with Gasteiger partial charge in [0.05, 0.1) is 0 Å². The van der Waals surface area contributed by atoms with Crippen LogP contribution in [0.2, 0.25) is 0 Å². The second-order valence-electron chi connectivity index (χ2n) is 6.92. The van der Waals surface area contributed by atoms with E-state index in [1.165, 1.54) is 5.56 Å². The molecule has 1 heterocycles. The number of amides is 1. The molecule has 1 aromatic heterocycles. The molecule has 5 nitrogen and oxygen atoms in total. The van der Waals surface area contributed by atoms with E-state index in [1.54, 1.807) is 10.8 Å². The first-order valence-electron chi connectivity index (χ1n) is 10.1. The van der Waals surface area contributed by atoms with Crippen molar-refractivity contribution >= 4 is 18.1 Å². The van der Waals surface area contributed by atoms with Gasteiger partial charge in [-0.3, -0.25) is 14.3 Å². The van der Waals surface area contributed by atoms with Gasteiger partial charge >= 0.3 is 0 Å². The van der Waals surface area contributed by atoms with E-state index in [9.17, 15) is 4.79 Å². The zero-order valence-corrected chi connectivity index (χ0v) is 17.8. The van der Waals surface area contributed by atoms with Crippen LogP contribution in [0.4, 0.5) is 0 Å². The Hall–Kier alpha value is -2.70. The average Bonchev–Trinajstić information content (AvgIpc) is 3.15. The molecule has 0 saturated carbocycles. The number of hydrogen-bond donors (Lipinski definition) is 2. The molecule has 0 saturated heterocycles. The van der Waals surface area contributed by atoms with Crippen LogP contribution in [-0.2, 0) is 6.42 Å². The van der Waals surface area contributed by atoms with Crippen molar-refractivity contribution in [1.29, 1.82) is 0 Å². The number of carbonyl (C=O) groups excluding carboxylic acids is 1. The molecule has 3 aromatic rings. The van der Waals surface area contributed by atoms with Crippen LogP contribution in [-0.4, -0.2) is 46.0 Å². The summed E-state index contributed by atoms with van der Waals surface area (Å²) in [7, 11) is 0. The van der Waals surface area contributed by atoms with Gasteiger partial charge in [0.25, 0.3) is 5.91 Å². The van der Waals surface area contributed by atoms with Crippen molar-refractivity contribution in [3.8, 4) is 5.69 Å². The lowest BCUT2D eigenvalue weighted by Crippen LogP contribution is -2.45. The highest BCUT2D eigenvalue weighted by molar-refractivity contribution is 7.71. The summed E-state index contributed by atoms with van der Waals surface area (Å²) in [6.45, 7) is 6.76. The Morgan fingerprint density at radius 1 is 1.07 bits per heavy atom. The summed E-state index contributed by atoms with van der Waals surface area (Å²) >= 11 is 5.39. The number of nitrogens with zero attached hydrogens (tertiary/aromatic N) is 2. The number of likely N-dealkylation sites (N-methyl/N-ethyl adjacent to an activating group) is 1. The number of nitrogens with one attached hydrogen (secondary N) is 2. The Bertz CT molecular complexity index is 961. The van der Waals surface area contributed by atoms with Crippen LogP contribution < -0.4 is 5.32 Å². The largest absolute Gasteiger partial charge is 0.349 e. The zero-order valence-electron chi connectivity index (χ0n) is 17.0. The van der Waals surface area contributed by atoms with Gasteiger partial charge in [0.15, 0.2) is 4.77 Å². The van der Waals surface area contributed by atoms with Crippen molar-refractivity contribution in [3.05, 3.63) is 82.9 Å². The molecule has 0 aliphatic rings. The van der Waals surface area contributed by atoms with Gasteiger partial charge in [-0.15, -0.1) is 0 Å². The molecule has 29 heavy (non-hydrogen) atoms. The van der Waals surface area contributed by atoms with E-state index in [2.05, 4.69) is 53.3 Å². The summed E-state index contributed by atoms with van der Waals surface area (Å²) in [5, 5.41) is 3.12. The Labute approximate surface area is 177 Å². The molecule has 0 spiro atoms. The molecule has 1 unspecified atom stereocenters. The quantitative estimate of drug-likeness (QED) is 0.521. The van der Waals surface area contributed by atoms with Crippen LogP contribution in [0.15, 0.2) is 66.9 Å². The highest BCUT2D eigenvalue weighted by Gasteiger charge is 2.20. The lowest BCUT2D eigenvalue weighted by Gasteiger charge is -2.30. The first kappa shape index (κ1) is 21.0. The number of hydrogen-bond acceptors (Lipinski definition) is 3. The molecule has 1 amide bonds. The van der Waals surface area contributed by atoms with Crippen LogP contribution >= 0.6 is 12.2 Å². The van der Waals surface area contributed by atoms with Crippen molar-refractivity contribution in [2.24, 2.45) is 0 Å². The number of carbonyl (C=O) groups is 1. The van der Waals surface area contributed by atoms with Gasteiger partial charge in [-0.05, 0) is 49.4 Å². The van der Waals surface area contributed by atoms with Crippen molar-refractivity contribution in [1.82, 2.24) is 19.8 Å². The number of para-hydroxylation sites is 1. The van der Waals surface area contributed by atoms with Gasteiger partial charge in [-0.1, -0.05) is 62.4 Å². The van der Waals surface area contributed by atoms with E-state index in [4.69, 9.17) is 12.2 Å². The molecule has 2 aromatic carbocycles. The molecule has 152 valence electrons. The number of rotatable bonds is 9. The molecule has 1 atom stereocenters. The first-order chi connectivity index (χ1) is 14.1. The van der Waals surface area contributed by atoms with E-state index >= 15 is 0 Å². The smallest absolute Gasteiger partial charge is 0.269 e. The molecule has 0 aliphatic carbocycles. The van der Waals surface area contributed by atoms with E-state index in [0.717, 1.165) is 25.2 Å². The van der Waals surface area contributed by atoms with Gasteiger partial charge in [0.2, 0.25) is 0 Å². The number of H-pyrrole nitrogens is 1. The molecule has 0 bridgehead atoms. The Morgan fingerprint density at radius 3 is 2.31 bits per heavy atom. The molecular weight excluding hydrogens is 380 g/mol. The van der Waals surface area contributed by atoms with Crippen LogP contribution in [0.3, 0.4) is 0 Å². The third-order valence-electron chi connectivity index (χ3n) is 5.16. The fraction of sp³-hybridized carbons (Fsp3) is 0.304. The highest BCUT2D eigenvalue weighted by Crippen LogP contribution is 2.13. The van der Waals surface area contributed by atoms with Crippen molar-refractivity contribution in [3.63, 3.8) is 0 Å². The summed E-state index contributed by atoms with van der Waals surface area (Å²) in [6.07, 6.45) is 2.56. The third kappa shape index (κ3) is 5.22. The van der Waals surface area contributed by atoms with Gasteiger partial charge < -0.3 is 10.3 Å². The van der Waals surface area contributed by atoms with E-state index in [1.807, 2.05) is 36.4 Å². The van der Waals surface area contributed by atoms with Gasteiger partial charge in [-0.25, -0.2) is 0 Å². The monoisotopic (exact) mass is 408 g/mol. The van der Waals surface area contributed by atoms with Gasteiger partial charge in [-0.2, -0.15) is 0 Å². The maximum absolute atomic E-state index is 13.0. The van der Waals surface area contributed by atoms with Gasteiger partial charge in [0.1, 0.15) is 5.69 Å². The topological polar surface area (TPSA) is 53.1 Å². The molecule has 6 heteroatoms. The Kier molecular flexibility index (Phi) is 7.38. The van der Waals surface area contributed by atoms with E-state index in [0.29, 0.717) is 17.0 Å². The fourth-order valence-electron chi connectivity index (χ4n) is 3.63. The molecule has 0 radical (unpaired) electrons. The number of benzene rings is 2. The summed E-state index contributed by atoms with van der Waals surface area (Å²) in [5.41, 5.74) is 2.65. The number of imidazole rings is 1. The van der Waals surface area contributed by atoms with Crippen LogP contribution in [0.25, 0.3) is 5.69 Å². The molecule has 0 fully saturated rings. The van der Waals surface area contributed by atoms with Crippen LogP contribution in [0.1, 0.15) is 29.9 Å². The number of aromatic nitrogens is 2. The molecule has 2 N–H and O–H groups in total. The molecule has 0 aliphatic heterocycles. The lowest BCUT2D eigenvalue weighted by molar-refractivity contribution is 0.0927. The second-order valence-corrected chi connectivity index (χ2v) is 7.31. The maximum Gasteiger partial charge on any atom is 0.269 e. The molecule has 3 rings (SSSR count). The minimum Gasteiger partial charge on any atom is -0.349 e. The zero-order chi connectivity index (χ0) is 20.6. The maximum atomic E-state index is 13.0. The van der Waals surface area contributed by atoms with Crippen LogP contribution in [0, 0.1) is 4.77 Å². The van der Waals surface area contributed by atoms with E-state index in [-0.39, 0.29) is 11.9 Å². The summed E-state index contributed by atoms with van der Waals surface area (Å²) < 4.78 is 2.28. The standard InChI is InChI=1S/C23H28N4OS/c1-3-26(4-2)20(15-18-11-7-5-8-12-18)16-24-22(28)21-17-25-23(29)27(21)19-13-9-6-10-14-19/h5-14,17,20H,3-4,15-16H2,1-2H3,(H,24,28)(H,25,29). The average molecular weight is 409 g/mol. The summed E-state index contributed by atoms with van der Waals surface area (Å²) in [4.78, 5) is 18.4. The first-order valence-corrected chi connectivity index (χ1v) is 10.5. The SMILES string of the molecule is CCN(CC)C(CNC(=O)c1c[nH]c(=S)n1-c1ccccc1)Cc1ccccc1. The third-order valence-corrected chi connectivity index (χ3v) is 5.46. The van der Waals surface area contributed by atoms with Crippen molar-refractivity contribution in [2.75, 3.05) is 19.6 Å². The lowest BCUT2D eigenvalue weighted by atomic mass is 10.0.